The van der Waals surface area contributed by atoms with Crippen molar-refractivity contribution in [3.8, 4) is 0 Å². The summed E-state index contributed by atoms with van der Waals surface area (Å²) in [7, 11) is 1.21. The molecular weight excluding hydrogens is 628 g/mol. The number of esters is 1. The zero-order chi connectivity index (χ0) is 32.2. The lowest BCUT2D eigenvalue weighted by Gasteiger charge is -2.41. The van der Waals surface area contributed by atoms with Crippen molar-refractivity contribution >= 4 is 56.7 Å². The zero-order valence-corrected chi connectivity index (χ0v) is 27.3. The molecule has 2 aromatic carbocycles. The number of methoxy groups -OCH3 is 1. The number of amides is 3. The Hall–Kier alpha value is -3.79. The molecule has 2 fully saturated rings. The average Bonchev–Trinajstić information content (AvgIpc) is 3.36. The predicted molar refractivity (Wildman–Crippen MR) is 167 cm³/mol. The highest BCUT2D eigenvalue weighted by molar-refractivity contribution is 9.10. The molecule has 2 aromatic rings. The molecule has 0 spiro atoms. The first-order valence-electron chi connectivity index (χ1n) is 14.7. The third kappa shape index (κ3) is 4.52. The Morgan fingerprint density at radius 3 is 2.02 bits per heavy atom. The first-order valence-corrected chi connectivity index (χ1v) is 15.5. The number of fused-ring (bicyclic) bond motifs is 5. The van der Waals surface area contributed by atoms with Crippen LogP contribution >= 0.6 is 15.9 Å². The van der Waals surface area contributed by atoms with E-state index >= 15 is 0 Å². The minimum atomic E-state index is -1.50. The highest BCUT2D eigenvalue weighted by Crippen LogP contribution is 2.77. The standard InChI is InChI=1S/C34H37BrN2O7/c1-31(2,3)44-30(42)36-22(27(39)43-6)18-13-19-37-26(38)25-32(4)23(20-14-9-7-10-15-20)24(21-16-11-8-12-17-21)33(5,28(32)40)34(25,35)29(37)41/h7-12,14-17,22,25H,13,18-19H2,1-6H3,(H,36,42)/t22-,25?,32?,33?,34?/m0/s1. The lowest BCUT2D eigenvalue weighted by atomic mass is 9.63. The lowest BCUT2D eigenvalue weighted by molar-refractivity contribution is -0.144. The van der Waals surface area contributed by atoms with Crippen LogP contribution in [0.15, 0.2) is 60.7 Å². The molecule has 1 saturated carbocycles. The monoisotopic (exact) mass is 664 g/mol. The second kappa shape index (κ2) is 11.0. The molecule has 232 valence electrons. The summed E-state index contributed by atoms with van der Waals surface area (Å²) < 4.78 is 8.64. The third-order valence-electron chi connectivity index (χ3n) is 9.14. The van der Waals surface area contributed by atoms with Crippen LogP contribution in [0.5, 0.6) is 0 Å². The first kappa shape index (κ1) is 31.6. The highest BCUT2D eigenvalue weighted by Gasteiger charge is 2.85. The van der Waals surface area contributed by atoms with Gasteiger partial charge in [0.1, 0.15) is 16.0 Å². The van der Waals surface area contributed by atoms with Crippen molar-refractivity contribution in [2.75, 3.05) is 13.7 Å². The first-order chi connectivity index (χ1) is 20.6. The fraction of sp³-hybridized carbons (Fsp3) is 0.441. The molecule has 10 heteroatoms. The van der Waals surface area contributed by atoms with Crippen molar-refractivity contribution in [2.24, 2.45) is 16.7 Å². The molecule has 3 aliphatic rings. The minimum absolute atomic E-state index is 0.00724. The Morgan fingerprint density at radius 2 is 1.50 bits per heavy atom. The SMILES string of the molecule is COC(=O)[C@H](CCCN1C(=O)C2C3(C)C(=O)C(C)(C(c4ccccc4)=C3c3ccccc3)C2(Br)C1=O)NC(=O)OC(C)(C)C. The van der Waals surface area contributed by atoms with Crippen molar-refractivity contribution in [1.82, 2.24) is 10.2 Å². The number of carbonyl (C=O) groups excluding carboxylic acids is 5. The molecule has 1 saturated heterocycles. The number of benzene rings is 2. The van der Waals surface area contributed by atoms with Crippen molar-refractivity contribution in [1.29, 1.82) is 0 Å². The van der Waals surface area contributed by atoms with Crippen molar-refractivity contribution in [2.45, 2.75) is 63.4 Å². The summed E-state index contributed by atoms with van der Waals surface area (Å²) in [6.07, 6.45) is -0.479. The van der Waals surface area contributed by atoms with E-state index in [1.807, 2.05) is 60.7 Å². The molecule has 1 aliphatic heterocycles. The summed E-state index contributed by atoms with van der Waals surface area (Å²) in [6, 6.07) is 18.0. The molecule has 1 N–H and O–H groups in total. The molecule has 0 radical (unpaired) electrons. The van der Waals surface area contributed by atoms with Crippen LogP contribution in [-0.2, 0) is 28.7 Å². The minimum Gasteiger partial charge on any atom is -0.467 e. The van der Waals surface area contributed by atoms with Crippen LogP contribution in [-0.4, -0.2) is 64.2 Å². The maximum absolute atomic E-state index is 14.5. The van der Waals surface area contributed by atoms with Crippen LogP contribution in [0, 0.1) is 16.7 Å². The van der Waals surface area contributed by atoms with Gasteiger partial charge in [-0.05, 0) is 69.7 Å². The number of nitrogens with zero attached hydrogens (tertiary/aromatic N) is 1. The highest BCUT2D eigenvalue weighted by atomic mass is 79.9. The Bertz CT molecular complexity index is 1570. The van der Waals surface area contributed by atoms with Gasteiger partial charge in [0.25, 0.3) is 0 Å². The van der Waals surface area contributed by atoms with E-state index < -0.39 is 56.6 Å². The summed E-state index contributed by atoms with van der Waals surface area (Å²) >= 11 is 3.75. The number of ketones is 1. The van der Waals surface area contributed by atoms with Crippen LogP contribution in [0.4, 0.5) is 4.79 Å². The van der Waals surface area contributed by atoms with E-state index in [1.165, 1.54) is 12.0 Å². The molecule has 5 rings (SSSR count). The Balaban J connectivity index is 1.48. The van der Waals surface area contributed by atoms with Gasteiger partial charge in [-0.1, -0.05) is 76.6 Å². The van der Waals surface area contributed by atoms with Crippen molar-refractivity contribution in [3.63, 3.8) is 0 Å². The number of allylic oxidation sites excluding steroid dienone is 2. The molecule has 3 amide bonds. The molecule has 4 unspecified atom stereocenters. The van der Waals surface area contributed by atoms with Gasteiger partial charge in [0.15, 0.2) is 5.78 Å². The van der Waals surface area contributed by atoms with E-state index in [4.69, 9.17) is 9.47 Å². The van der Waals surface area contributed by atoms with E-state index in [0.717, 1.165) is 22.3 Å². The molecule has 44 heavy (non-hydrogen) atoms. The molecule has 0 aromatic heterocycles. The second-order valence-corrected chi connectivity index (χ2v) is 14.2. The largest absolute Gasteiger partial charge is 0.467 e. The number of Topliss-reactive ketones (excluding diaryl/α,β-unsaturated/α-hetero) is 1. The van der Waals surface area contributed by atoms with Gasteiger partial charge in [-0.3, -0.25) is 19.3 Å². The fourth-order valence-corrected chi connectivity index (χ4v) is 8.61. The summed E-state index contributed by atoms with van der Waals surface area (Å²) in [6.45, 7) is 8.67. The zero-order valence-electron chi connectivity index (χ0n) is 25.7. The van der Waals surface area contributed by atoms with Crippen LogP contribution in [0.1, 0.15) is 58.6 Å². The number of likely N-dealkylation sites (tertiary alicyclic amines) is 1. The number of ether oxygens (including phenoxy) is 2. The summed E-state index contributed by atoms with van der Waals surface area (Å²) in [5.41, 5.74) is -0.251. The van der Waals surface area contributed by atoms with Gasteiger partial charge >= 0.3 is 12.1 Å². The van der Waals surface area contributed by atoms with Gasteiger partial charge in [-0.15, -0.1) is 0 Å². The van der Waals surface area contributed by atoms with E-state index in [-0.39, 0.29) is 25.2 Å². The Morgan fingerprint density at radius 1 is 0.955 bits per heavy atom. The van der Waals surface area contributed by atoms with E-state index in [0.29, 0.717) is 0 Å². The van der Waals surface area contributed by atoms with Gasteiger partial charge < -0.3 is 14.8 Å². The molecule has 5 atom stereocenters. The van der Waals surface area contributed by atoms with Gasteiger partial charge in [-0.2, -0.15) is 0 Å². The summed E-state index contributed by atoms with van der Waals surface area (Å²) in [5.74, 6) is -2.74. The number of hydrogen-bond acceptors (Lipinski definition) is 7. The second-order valence-electron chi connectivity index (χ2n) is 12.9. The van der Waals surface area contributed by atoms with Gasteiger partial charge in [-0.25, -0.2) is 9.59 Å². The lowest BCUT2D eigenvalue weighted by Crippen LogP contribution is -2.50. The number of alkyl carbamates (subject to hydrolysis) is 1. The molecule has 2 aliphatic carbocycles. The van der Waals surface area contributed by atoms with Gasteiger partial charge in [0.05, 0.1) is 23.9 Å². The average molecular weight is 666 g/mol. The fourth-order valence-electron chi connectivity index (χ4n) is 7.36. The molecular formula is C34H37BrN2O7. The summed E-state index contributed by atoms with van der Waals surface area (Å²) in [5, 5.41) is 2.52. The number of alkyl halides is 1. The number of nitrogens with one attached hydrogen (secondary N) is 1. The number of rotatable bonds is 8. The number of imide groups is 1. The normalized spacial score (nSPS) is 28.3. The molecule has 1 heterocycles. The van der Waals surface area contributed by atoms with E-state index in [2.05, 4.69) is 21.2 Å². The van der Waals surface area contributed by atoms with Gasteiger partial charge in [0, 0.05) is 6.54 Å². The van der Waals surface area contributed by atoms with Gasteiger partial charge in [0.2, 0.25) is 11.8 Å². The Kier molecular flexibility index (Phi) is 7.89. The number of hydrogen-bond donors (Lipinski definition) is 1. The van der Waals surface area contributed by atoms with Crippen molar-refractivity contribution in [3.05, 3.63) is 71.8 Å². The quantitative estimate of drug-likeness (QED) is 0.235. The maximum atomic E-state index is 14.5. The smallest absolute Gasteiger partial charge is 0.408 e. The van der Waals surface area contributed by atoms with Crippen LogP contribution in [0.3, 0.4) is 0 Å². The number of halogens is 1. The van der Waals surface area contributed by atoms with E-state index in [9.17, 15) is 24.0 Å². The summed E-state index contributed by atoms with van der Waals surface area (Å²) in [4.78, 5) is 69.1. The number of carbonyl (C=O) groups is 5. The van der Waals surface area contributed by atoms with E-state index in [1.54, 1.807) is 34.6 Å². The van der Waals surface area contributed by atoms with Crippen LogP contribution in [0.25, 0.3) is 11.1 Å². The topological polar surface area (TPSA) is 119 Å². The Labute approximate surface area is 265 Å². The van der Waals surface area contributed by atoms with Crippen LogP contribution < -0.4 is 5.32 Å². The maximum Gasteiger partial charge on any atom is 0.408 e. The molecule has 9 nitrogen and oxygen atoms in total. The molecule has 2 bridgehead atoms. The van der Waals surface area contributed by atoms with Crippen molar-refractivity contribution < 1.29 is 33.4 Å². The van der Waals surface area contributed by atoms with Crippen LogP contribution in [0.2, 0.25) is 0 Å². The predicted octanol–water partition coefficient (Wildman–Crippen LogP) is 5.17. The third-order valence-corrected chi connectivity index (χ3v) is 10.7.